The van der Waals surface area contributed by atoms with Crippen LogP contribution in [-0.4, -0.2) is 11.9 Å². The molecular weight excluding hydrogens is 234 g/mol. The molecule has 0 atom stereocenters. The zero-order valence-corrected chi connectivity index (χ0v) is 11.9. The third kappa shape index (κ3) is 2.29. The normalized spacial score (nSPS) is 26.9. The van der Waals surface area contributed by atoms with Crippen molar-refractivity contribution in [1.29, 1.82) is 0 Å². The van der Waals surface area contributed by atoms with Gasteiger partial charge >= 0.3 is 0 Å². The van der Waals surface area contributed by atoms with E-state index in [1.165, 1.54) is 36.9 Å². The van der Waals surface area contributed by atoms with Gasteiger partial charge in [0.15, 0.2) is 0 Å². The monoisotopic (exact) mass is 257 g/mol. The second-order valence-electron chi connectivity index (χ2n) is 6.38. The Labute approximate surface area is 115 Å². The zero-order chi connectivity index (χ0) is 13.4. The summed E-state index contributed by atoms with van der Waals surface area (Å²) in [5, 5.41) is 0. The molecule has 0 saturated heterocycles. The van der Waals surface area contributed by atoms with Gasteiger partial charge in [-0.05, 0) is 49.1 Å². The Kier molecular flexibility index (Phi) is 3.34. The van der Waals surface area contributed by atoms with E-state index >= 15 is 0 Å². The Balaban J connectivity index is 1.75. The van der Waals surface area contributed by atoms with E-state index < -0.39 is 0 Å². The highest BCUT2D eigenvalue weighted by Crippen LogP contribution is 2.37. The molecule has 1 saturated carbocycles. The van der Waals surface area contributed by atoms with Crippen LogP contribution in [0, 0.1) is 11.8 Å². The van der Waals surface area contributed by atoms with Crippen LogP contribution in [-0.2, 0) is 11.2 Å². The van der Waals surface area contributed by atoms with Gasteiger partial charge in [-0.1, -0.05) is 32.0 Å². The number of para-hydroxylation sites is 1. The molecule has 2 heteroatoms. The molecule has 102 valence electrons. The Hall–Kier alpha value is -1.31. The highest BCUT2D eigenvalue weighted by molar-refractivity contribution is 6.01. The maximum Gasteiger partial charge on any atom is 0.231 e. The van der Waals surface area contributed by atoms with Crippen LogP contribution in [0.4, 0.5) is 5.69 Å². The first-order chi connectivity index (χ1) is 9.16. The van der Waals surface area contributed by atoms with Crippen LogP contribution in [0.3, 0.4) is 0 Å². The number of anilines is 1. The molecule has 1 fully saturated rings. The van der Waals surface area contributed by atoms with Gasteiger partial charge in [0.05, 0.1) is 6.42 Å². The summed E-state index contributed by atoms with van der Waals surface area (Å²) in [6.45, 7) is 4.64. The second-order valence-corrected chi connectivity index (χ2v) is 6.38. The number of carbonyl (C=O) groups excluding carboxylic acids is 1. The minimum Gasteiger partial charge on any atom is -0.309 e. The van der Waals surface area contributed by atoms with E-state index in [1.54, 1.807) is 0 Å². The summed E-state index contributed by atoms with van der Waals surface area (Å²) < 4.78 is 0. The number of nitrogens with zero attached hydrogens (tertiary/aromatic N) is 1. The number of amides is 1. The van der Waals surface area contributed by atoms with Crippen LogP contribution in [0.1, 0.15) is 45.1 Å². The third-order valence-electron chi connectivity index (χ3n) is 4.91. The van der Waals surface area contributed by atoms with Crippen LogP contribution in [0.25, 0.3) is 0 Å². The minimum atomic E-state index is 0.300. The average molecular weight is 257 g/mol. The molecule has 1 aromatic carbocycles. The predicted molar refractivity (Wildman–Crippen MR) is 78.2 cm³/mol. The number of hydrogen-bond donors (Lipinski definition) is 0. The lowest BCUT2D eigenvalue weighted by Crippen LogP contribution is -2.40. The molecule has 0 N–H and O–H groups in total. The van der Waals surface area contributed by atoms with Crippen molar-refractivity contribution in [2.75, 3.05) is 4.90 Å². The molecule has 1 heterocycles. The molecule has 0 unspecified atom stereocenters. The van der Waals surface area contributed by atoms with Crippen molar-refractivity contribution in [3.05, 3.63) is 29.8 Å². The number of fused-ring (bicyclic) bond motifs is 1. The van der Waals surface area contributed by atoms with Crippen LogP contribution in [0.2, 0.25) is 0 Å². The smallest absolute Gasteiger partial charge is 0.231 e. The van der Waals surface area contributed by atoms with Gasteiger partial charge in [-0.3, -0.25) is 4.79 Å². The topological polar surface area (TPSA) is 20.3 Å². The summed E-state index contributed by atoms with van der Waals surface area (Å²) >= 11 is 0. The van der Waals surface area contributed by atoms with E-state index in [4.69, 9.17) is 0 Å². The molecule has 0 radical (unpaired) electrons. The molecule has 2 aliphatic rings. The first-order valence-corrected chi connectivity index (χ1v) is 7.57. The van der Waals surface area contributed by atoms with Crippen LogP contribution < -0.4 is 4.90 Å². The fraction of sp³-hybridized carbons (Fsp3) is 0.588. The zero-order valence-electron chi connectivity index (χ0n) is 11.9. The van der Waals surface area contributed by atoms with Crippen LogP contribution in [0.5, 0.6) is 0 Å². The van der Waals surface area contributed by atoms with Gasteiger partial charge in [0, 0.05) is 11.7 Å². The quantitative estimate of drug-likeness (QED) is 0.789. The summed E-state index contributed by atoms with van der Waals surface area (Å²) in [5.41, 5.74) is 2.37. The van der Waals surface area contributed by atoms with Crippen LogP contribution >= 0.6 is 0 Å². The van der Waals surface area contributed by atoms with Crippen molar-refractivity contribution in [3.63, 3.8) is 0 Å². The third-order valence-corrected chi connectivity index (χ3v) is 4.91. The maximum atomic E-state index is 12.3. The lowest BCUT2D eigenvalue weighted by atomic mass is 9.79. The Bertz CT molecular complexity index is 472. The highest BCUT2D eigenvalue weighted by Gasteiger charge is 2.35. The van der Waals surface area contributed by atoms with Gasteiger partial charge < -0.3 is 4.90 Å². The number of benzene rings is 1. The Morgan fingerprint density at radius 1 is 1.11 bits per heavy atom. The van der Waals surface area contributed by atoms with Crippen molar-refractivity contribution in [3.8, 4) is 0 Å². The van der Waals surface area contributed by atoms with E-state index in [0.717, 1.165) is 11.8 Å². The lowest BCUT2D eigenvalue weighted by Gasteiger charge is -2.36. The number of carbonyl (C=O) groups is 1. The van der Waals surface area contributed by atoms with Gasteiger partial charge in [-0.15, -0.1) is 0 Å². The van der Waals surface area contributed by atoms with Crippen LogP contribution in [0.15, 0.2) is 24.3 Å². The van der Waals surface area contributed by atoms with E-state index in [2.05, 4.69) is 30.9 Å². The largest absolute Gasteiger partial charge is 0.309 e. The van der Waals surface area contributed by atoms with Crippen molar-refractivity contribution in [2.45, 2.75) is 52.0 Å². The molecule has 1 aliphatic carbocycles. The lowest BCUT2D eigenvalue weighted by molar-refractivity contribution is -0.118. The summed E-state index contributed by atoms with van der Waals surface area (Å²) in [6, 6.07) is 8.71. The molecule has 19 heavy (non-hydrogen) atoms. The standard InChI is InChI=1S/C17H23NO/c1-12(2)13-7-9-15(10-8-13)18-16-6-4-3-5-14(16)11-17(18)19/h3-6,12-13,15H,7-11H2,1-2H3. The van der Waals surface area contributed by atoms with Crippen molar-refractivity contribution >= 4 is 11.6 Å². The minimum absolute atomic E-state index is 0.300. The molecule has 0 aromatic heterocycles. The summed E-state index contributed by atoms with van der Waals surface area (Å²) in [6.07, 6.45) is 5.48. The van der Waals surface area contributed by atoms with Crippen molar-refractivity contribution in [1.82, 2.24) is 0 Å². The van der Waals surface area contributed by atoms with Crippen molar-refractivity contribution in [2.24, 2.45) is 11.8 Å². The average Bonchev–Trinajstić information content (AvgIpc) is 2.74. The Morgan fingerprint density at radius 3 is 2.47 bits per heavy atom. The van der Waals surface area contributed by atoms with E-state index in [0.29, 0.717) is 18.4 Å². The van der Waals surface area contributed by atoms with E-state index in [1.807, 2.05) is 12.1 Å². The maximum absolute atomic E-state index is 12.3. The fourth-order valence-electron chi connectivity index (χ4n) is 3.70. The van der Waals surface area contributed by atoms with Gasteiger partial charge in [0.1, 0.15) is 0 Å². The first kappa shape index (κ1) is 12.7. The summed E-state index contributed by atoms with van der Waals surface area (Å²) in [5.74, 6) is 1.93. The molecule has 1 aliphatic heterocycles. The predicted octanol–water partition coefficient (Wildman–Crippen LogP) is 3.79. The summed E-state index contributed by atoms with van der Waals surface area (Å²) in [4.78, 5) is 14.4. The molecule has 0 spiro atoms. The SMILES string of the molecule is CC(C)C1CCC(N2C(=O)Cc3ccccc32)CC1. The van der Waals surface area contributed by atoms with Crippen molar-refractivity contribution < 1.29 is 4.79 Å². The molecular formula is C17H23NO. The summed E-state index contributed by atoms with van der Waals surface area (Å²) in [7, 11) is 0. The highest BCUT2D eigenvalue weighted by atomic mass is 16.2. The van der Waals surface area contributed by atoms with Gasteiger partial charge in [-0.2, -0.15) is 0 Å². The van der Waals surface area contributed by atoms with E-state index in [-0.39, 0.29) is 0 Å². The van der Waals surface area contributed by atoms with Gasteiger partial charge in [0.2, 0.25) is 5.91 Å². The molecule has 1 amide bonds. The number of hydrogen-bond acceptors (Lipinski definition) is 1. The second kappa shape index (κ2) is 4.99. The van der Waals surface area contributed by atoms with Gasteiger partial charge in [-0.25, -0.2) is 0 Å². The molecule has 1 aromatic rings. The molecule has 0 bridgehead atoms. The Morgan fingerprint density at radius 2 is 1.79 bits per heavy atom. The molecule has 2 nitrogen and oxygen atoms in total. The molecule has 3 rings (SSSR count). The fourth-order valence-corrected chi connectivity index (χ4v) is 3.70. The van der Waals surface area contributed by atoms with Gasteiger partial charge in [0.25, 0.3) is 0 Å². The van der Waals surface area contributed by atoms with E-state index in [9.17, 15) is 4.79 Å². The number of rotatable bonds is 2. The first-order valence-electron chi connectivity index (χ1n) is 7.57.